The minimum atomic E-state index is -0.426. The molecule has 39 heavy (non-hydrogen) atoms. The fourth-order valence-corrected chi connectivity index (χ4v) is 4.41. The minimum absolute atomic E-state index is 0.0177. The van der Waals surface area contributed by atoms with Gasteiger partial charge in [0.2, 0.25) is 0 Å². The summed E-state index contributed by atoms with van der Waals surface area (Å²) in [5.74, 6) is 0.638. The van der Waals surface area contributed by atoms with Crippen molar-refractivity contribution in [3.8, 4) is 5.75 Å². The van der Waals surface area contributed by atoms with Crippen LogP contribution in [0.1, 0.15) is 39.5 Å². The molecule has 0 aliphatic rings. The molecule has 0 fully saturated rings. The SMILES string of the molecule is CC(=O)[C@H](CN)N(Cc1ccc(OCc2ccccc2)cc1)Cc1cccc(NC(=O)c2ccc(C)cc2)c1. The highest BCUT2D eigenvalue weighted by Gasteiger charge is 2.22. The molecule has 0 spiro atoms. The highest BCUT2D eigenvalue weighted by atomic mass is 16.5. The van der Waals surface area contributed by atoms with Gasteiger partial charge >= 0.3 is 0 Å². The zero-order valence-corrected chi connectivity index (χ0v) is 22.5. The smallest absolute Gasteiger partial charge is 0.255 e. The Morgan fingerprint density at radius 2 is 1.49 bits per heavy atom. The molecule has 0 saturated carbocycles. The van der Waals surface area contributed by atoms with Crippen molar-refractivity contribution < 1.29 is 14.3 Å². The number of hydrogen-bond donors (Lipinski definition) is 2. The molecule has 0 unspecified atom stereocenters. The molecule has 4 rings (SSSR count). The van der Waals surface area contributed by atoms with Crippen LogP contribution in [0.3, 0.4) is 0 Å². The molecule has 3 N–H and O–H groups in total. The summed E-state index contributed by atoms with van der Waals surface area (Å²) in [7, 11) is 0. The van der Waals surface area contributed by atoms with E-state index in [0.29, 0.717) is 30.9 Å². The molecule has 0 aliphatic heterocycles. The van der Waals surface area contributed by atoms with Crippen LogP contribution in [0, 0.1) is 6.92 Å². The van der Waals surface area contributed by atoms with Gasteiger partial charge in [0.15, 0.2) is 0 Å². The van der Waals surface area contributed by atoms with E-state index >= 15 is 0 Å². The monoisotopic (exact) mass is 521 g/mol. The Kier molecular flexibility index (Phi) is 9.62. The van der Waals surface area contributed by atoms with Crippen LogP contribution in [-0.2, 0) is 24.5 Å². The van der Waals surface area contributed by atoms with Crippen molar-refractivity contribution in [2.45, 2.75) is 39.6 Å². The van der Waals surface area contributed by atoms with Gasteiger partial charge in [-0.15, -0.1) is 0 Å². The van der Waals surface area contributed by atoms with E-state index in [2.05, 4.69) is 10.2 Å². The Morgan fingerprint density at radius 3 is 2.15 bits per heavy atom. The number of nitrogens with zero attached hydrogens (tertiary/aromatic N) is 1. The van der Waals surface area contributed by atoms with E-state index in [1.165, 1.54) is 0 Å². The first-order valence-corrected chi connectivity index (χ1v) is 13.1. The Labute approximate surface area is 230 Å². The van der Waals surface area contributed by atoms with Crippen LogP contribution in [0.5, 0.6) is 5.75 Å². The maximum Gasteiger partial charge on any atom is 0.255 e. The molecule has 0 bridgehead atoms. The summed E-state index contributed by atoms with van der Waals surface area (Å²) < 4.78 is 5.91. The van der Waals surface area contributed by atoms with E-state index in [0.717, 1.165) is 28.0 Å². The summed E-state index contributed by atoms with van der Waals surface area (Å²) in [6.45, 7) is 5.33. The normalized spacial score (nSPS) is 11.7. The zero-order chi connectivity index (χ0) is 27.6. The van der Waals surface area contributed by atoms with E-state index in [9.17, 15) is 9.59 Å². The molecule has 0 aliphatic carbocycles. The maximum atomic E-state index is 12.7. The zero-order valence-electron chi connectivity index (χ0n) is 22.5. The standard InChI is InChI=1S/C33H35N3O3/c1-24-11-15-29(16-12-24)33(38)35-30-10-6-9-28(19-30)22-36(32(20-34)25(2)37)21-26-13-17-31(18-14-26)39-23-27-7-4-3-5-8-27/h3-19,32H,20-23,34H2,1-2H3,(H,35,38)/t32-/m0/s1. The largest absolute Gasteiger partial charge is 0.489 e. The van der Waals surface area contributed by atoms with Crippen LogP contribution in [0.4, 0.5) is 5.69 Å². The number of nitrogens with one attached hydrogen (secondary N) is 1. The molecule has 0 radical (unpaired) electrons. The van der Waals surface area contributed by atoms with Crippen molar-refractivity contribution in [2.75, 3.05) is 11.9 Å². The first kappa shape index (κ1) is 27.8. The lowest BCUT2D eigenvalue weighted by molar-refractivity contribution is -0.122. The first-order valence-electron chi connectivity index (χ1n) is 13.1. The highest BCUT2D eigenvalue weighted by molar-refractivity contribution is 6.04. The van der Waals surface area contributed by atoms with Crippen LogP contribution in [0.25, 0.3) is 0 Å². The van der Waals surface area contributed by atoms with Crippen molar-refractivity contribution in [1.82, 2.24) is 4.90 Å². The third-order valence-electron chi connectivity index (χ3n) is 6.57. The average molecular weight is 522 g/mol. The third kappa shape index (κ3) is 8.11. The second-order valence-electron chi connectivity index (χ2n) is 9.71. The van der Waals surface area contributed by atoms with Crippen LogP contribution in [0.2, 0.25) is 0 Å². The van der Waals surface area contributed by atoms with Gasteiger partial charge in [-0.1, -0.05) is 72.3 Å². The van der Waals surface area contributed by atoms with Gasteiger partial charge in [0.1, 0.15) is 18.1 Å². The Bertz CT molecular complexity index is 1370. The van der Waals surface area contributed by atoms with Gasteiger partial charge < -0.3 is 15.8 Å². The fraction of sp³-hybridized carbons (Fsp3) is 0.212. The van der Waals surface area contributed by atoms with Crippen molar-refractivity contribution in [2.24, 2.45) is 5.73 Å². The van der Waals surface area contributed by atoms with E-state index < -0.39 is 6.04 Å². The van der Waals surface area contributed by atoms with Gasteiger partial charge in [-0.3, -0.25) is 14.5 Å². The molecule has 4 aromatic carbocycles. The second-order valence-corrected chi connectivity index (χ2v) is 9.71. The molecule has 200 valence electrons. The maximum absolute atomic E-state index is 12.7. The number of ether oxygens (including phenoxy) is 1. The Hall–Kier alpha value is -4.26. The van der Waals surface area contributed by atoms with Crippen molar-refractivity contribution in [3.05, 3.63) is 131 Å². The lowest BCUT2D eigenvalue weighted by atomic mass is 10.1. The molecular formula is C33H35N3O3. The van der Waals surface area contributed by atoms with Gasteiger partial charge in [-0.25, -0.2) is 0 Å². The predicted octanol–water partition coefficient (Wildman–Crippen LogP) is 5.74. The quantitative estimate of drug-likeness (QED) is 0.248. The van der Waals surface area contributed by atoms with Crippen molar-refractivity contribution in [3.63, 3.8) is 0 Å². The fourth-order valence-electron chi connectivity index (χ4n) is 4.41. The number of benzene rings is 4. The number of hydrogen-bond acceptors (Lipinski definition) is 5. The number of anilines is 1. The number of rotatable bonds is 12. The predicted molar refractivity (Wildman–Crippen MR) is 156 cm³/mol. The summed E-state index contributed by atoms with van der Waals surface area (Å²) in [5.41, 5.74) is 11.6. The molecular weight excluding hydrogens is 486 g/mol. The summed E-state index contributed by atoms with van der Waals surface area (Å²) in [4.78, 5) is 27.2. The summed E-state index contributed by atoms with van der Waals surface area (Å²) >= 11 is 0. The molecule has 0 heterocycles. The van der Waals surface area contributed by atoms with Gasteiger partial charge in [-0.2, -0.15) is 0 Å². The van der Waals surface area contributed by atoms with E-state index in [1.54, 1.807) is 6.92 Å². The van der Waals surface area contributed by atoms with Crippen LogP contribution in [-0.4, -0.2) is 29.2 Å². The van der Waals surface area contributed by atoms with Crippen LogP contribution >= 0.6 is 0 Å². The molecule has 6 nitrogen and oxygen atoms in total. The molecule has 6 heteroatoms. The van der Waals surface area contributed by atoms with E-state index in [1.807, 2.05) is 110 Å². The van der Waals surface area contributed by atoms with Crippen LogP contribution in [0.15, 0.2) is 103 Å². The lowest BCUT2D eigenvalue weighted by Crippen LogP contribution is -2.44. The number of nitrogens with two attached hydrogens (primary N) is 1. The lowest BCUT2D eigenvalue weighted by Gasteiger charge is -2.29. The van der Waals surface area contributed by atoms with Crippen molar-refractivity contribution >= 4 is 17.4 Å². The average Bonchev–Trinajstić information content (AvgIpc) is 2.94. The van der Waals surface area contributed by atoms with E-state index in [4.69, 9.17) is 10.5 Å². The number of carbonyl (C=O) groups excluding carboxylic acids is 2. The van der Waals surface area contributed by atoms with Gasteiger partial charge in [0.05, 0.1) is 6.04 Å². The number of amides is 1. The van der Waals surface area contributed by atoms with Gasteiger partial charge in [0, 0.05) is 30.9 Å². The number of ketones is 1. The van der Waals surface area contributed by atoms with Crippen molar-refractivity contribution in [1.29, 1.82) is 0 Å². The number of Topliss-reactive ketones (excluding diaryl/α,β-unsaturated/α-hetero) is 1. The topological polar surface area (TPSA) is 84.7 Å². The first-order chi connectivity index (χ1) is 18.9. The Balaban J connectivity index is 1.44. The summed E-state index contributed by atoms with van der Waals surface area (Å²) in [5, 5.41) is 2.97. The summed E-state index contributed by atoms with van der Waals surface area (Å²) in [6, 6.07) is 32.7. The van der Waals surface area contributed by atoms with E-state index in [-0.39, 0.29) is 18.2 Å². The highest BCUT2D eigenvalue weighted by Crippen LogP contribution is 2.20. The molecule has 1 amide bonds. The second kappa shape index (κ2) is 13.5. The van der Waals surface area contributed by atoms with Gasteiger partial charge in [0.25, 0.3) is 5.91 Å². The van der Waals surface area contributed by atoms with Gasteiger partial charge in [-0.05, 0) is 66.9 Å². The number of carbonyl (C=O) groups is 2. The summed E-state index contributed by atoms with van der Waals surface area (Å²) in [6.07, 6.45) is 0. The molecule has 0 aromatic heterocycles. The molecule has 1 atom stereocenters. The Morgan fingerprint density at radius 1 is 0.821 bits per heavy atom. The van der Waals surface area contributed by atoms with Crippen LogP contribution < -0.4 is 15.8 Å². The minimum Gasteiger partial charge on any atom is -0.489 e. The molecule has 0 saturated heterocycles. The number of aryl methyl sites for hydroxylation is 1. The molecule has 4 aromatic rings. The third-order valence-corrected chi connectivity index (χ3v) is 6.57.